The molecule has 2 aromatic rings. The van der Waals surface area contributed by atoms with E-state index in [1.807, 2.05) is 11.9 Å². The van der Waals surface area contributed by atoms with Gasteiger partial charge in [0.05, 0.1) is 6.26 Å². The highest BCUT2D eigenvalue weighted by Crippen LogP contribution is 2.26. The van der Waals surface area contributed by atoms with Crippen molar-refractivity contribution in [1.82, 2.24) is 4.90 Å². The summed E-state index contributed by atoms with van der Waals surface area (Å²) in [5.74, 6) is 0.935. The summed E-state index contributed by atoms with van der Waals surface area (Å²) in [6.45, 7) is 6.39. The molecule has 1 aromatic carbocycles. The van der Waals surface area contributed by atoms with E-state index >= 15 is 0 Å². The van der Waals surface area contributed by atoms with E-state index in [9.17, 15) is 4.79 Å². The van der Waals surface area contributed by atoms with Gasteiger partial charge in [0.25, 0.3) is 5.91 Å². The van der Waals surface area contributed by atoms with Gasteiger partial charge in [-0.05, 0) is 48.6 Å². The number of rotatable bonds is 4. The molecule has 0 atom stereocenters. The van der Waals surface area contributed by atoms with Crippen LogP contribution in [0.2, 0.25) is 0 Å². The molecule has 0 spiro atoms. The summed E-state index contributed by atoms with van der Waals surface area (Å²) >= 11 is 0. The maximum absolute atomic E-state index is 12.4. The second-order valence-electron chi connectivity index (χ2n) is 6.86. The van der Waals surface area contributed by atoms with Crippen LogP contribution in [0.4, 0.5) is 5.69 Å². The number of carbonyl (C=O) groups is 1. The molecule has 0 aliphatic carbocycles. The molecule has 4 heteroatoms. The number of amides is 1. The third-order valence-electron chi connectivity index (χ3n) is 4.97. The fourth-order valence-electron chi connectivity index (χ4n) is 3.33. The van der Waals surface area contributed by atoms with Crippen LogP contribution in [0.1, 0.15) is 48.7 Å². The van der Waals surface area contributed by atoms with Crippen LogP contribution in [-0.4, -0.2) is 37.0 Å². The molecule has 0 saturated carbocycles. The van der Waals surface area contributed by atoms with Crippen LogP contribution in [-0.2, 0) is 0 Å². The smallest absolute Gasteiger partial charge is 0.289 e. The first-order chi connectivity index (χ1) is 11.6. The number of piperidine rings is 1. The Labute approximate surface area is 144 Å². The number of carbonyl (C=O) groups excluding carboxylic acids is 1. The molecule has 1 saturated heterocycles. The molecule has 128 valence electrons. The quantitative estimate of drug-likeness (QED) is 0.847. The van der Waals surface area contributed by atoms with Crippen molar-refractivity contribution in [2.24, 2.45) is 0 Å². The van der Waals surface area contributed by atoms with Gasteiger partial charge in [0, 0.05) is 31.9 Å². The Kier molecular flexibility index (Phi) is 4.93. The van der Waals surface area contributed by atoms with Crippen molar-refractivity contribution in [3.05, 3.63) is 54.0 Å². The van der Waals surface area contributed by atoms with E-state index in [1.54, 1.807) is 18.4 Å². The summed E-state index contributed by atoms with van der Waals surface area (Å²) < 4.78 is 5.23. The minimum Gasteiger partial charge on any atom is -0.459 e. The third kappa shape index (κ3) is 3.48. The fourth-order valence-corrected chi connectivity index (χ4v) is 3.33. The molecule has 1 aromatic heterocycles. The van der Waals surface area contributed by atoms with E-state index in [2.05, 4.69) is 43.0 Å². The van der Waals surface area contributed by atoms with Gasteiger partial charge < -0.3 is 14.2 Å². The number of anilines is 1. The lowest BCUT2D eigenvalue weighted by Gasteiger charge is -2.37. The average molecular weight is 326 g/mol. The lowest BCUT2D eigenvalue weighted by molar-refractivity contribution is 0.0677. The Morgan fingerprint density at radius 3 is 2.58 bits per heavy atom. The first-order valence-corrected chi connectivity index (χ1v) is 8.72. The number of benzene rings is 1. The van der Waals surface area contributed by atoms with E-state index in [1.165, 1.54) is 11.3 Å². The Morgan fingerprint density at radius 1 is 1.21 bits per heavy atom. The zero-order chi connectivity index (χ0) is 17.1. The fraction of sp³-hybridized carbons (Fsp3) is 0.450. The maximum Gasteiger partial charge on any atom is 0.289 e. The molecule has 2 heterocycles. The summed E-state index contributed by atoms with van der Waals surface area (Å²) in [5, 5.41) is 0. The summed E-state index contributed by atoms with van der Waals surface area (Å²) in [6.07, 6.45) is 3.51. The first kappa shape index (κ1) is 16.6. The molecule has 0 N–H and O–H groups in total. The summed E-state index contributed by atoms with van der Waals surface area (Å²) in [4.78, 5) is 16.7. The van der Waals surface area contributed by atoms with Crippen LogP contribution >= 0.6 is 0 Å². The standard InChI is InChI=1S/C20H26N2O2/c1-15(2)16-6-4-7-18(14-16)22-11-9-17(10-12-22)21(3)20(23)19-8-5-13-24-19/h4-8,13-15,17H,9-12H2,1-3H3. The van der Waals surface area contributed by atoms with Gasteiger partial charge in [0.1, 0.15) is 0 Å². The zero-order valence-electron chi connectivity index (χ0n) is 14.7. The number of hydrogen-bond acceptors (Lipinski definition) is 3. The van der Waals surface area contributed by atoms with E-state index in [0.29, 0.717) is 11.7 Å². The van der Waals surface area contributed by atoms with Crippen LogP contribution in [0.25, 0.3) is 0 Å². The van der Waals surface area contributed by atoms with Gasteiger partial charge in [-0.15, -0.1) is 0 Å². The van der Waals surface area contributed by atoms with Gasteiger partial charge in [-0.2, -0.15) is 0 Å². The van der Waals surface area contributed by atoms with Crippen LogP contribution < -0.4 is 4.90 Å². The second-order valence-corrected chi connectivity index (χ2v) is 6.86. The van der Waals surface area contributed by atoms with E-state index in [0.717, 1.165) is 25.9 Å². The lowest BCUT2D eigenvalue weighted by atomic mass is 10.00. The Hall–Kier alpha value is -2.23. The van der Waals surface area contributed by atoms with E-state index < -0.39 is 0 Å². The third-order valence-corrected chi connectivity index (χ3v) is 4.97. The van der Waals surface area contributed by atoms with Gasteiger partial charge in [-0.1, -0.05) is 26.0 Å². The van der Waals surface area contributed by atoms with Crippen molar-refractivity contribution in [3.63, 3.8) is 0 Å². The molecular weight excluding hydrogens is 300 g/mol. The highest BCUT2D eigenvalue weighted by Gasteiger charge is 2.27. The second kappa shape index (κ2) is 7.12. The van der Waals surface area contributed by atoms with E-state index in [4.69, 9.17) is 4.42 Å². The molecule has 24 heavy (non-hydrogen) atoms. The molecule has 1 aliphatic heterocycles. The molecule has 4 nitrogen and oxygen atoms in total. The molecule has 1 aliphatic rings. The zero-order valence-corrected chi connectivity index (χ0v) is 14.7. The highest BCUT2D eigenvalue weighted by molar-refractivity contribution is 5.91. The van der Waals surface area contributed by atoms with Crippen LogP contribution in [0, 0.1) is 0 Å². The summed E-state index contributed by atoms with van der Waals surface area (Å²) in [7, 11) is 1.88. The molecule has 0 bridgehead atoms. The minimum atomic E-state index is -0.0275. The normalized spacial score (nSPS) is 15.8. The number of nitrogens with zero attached hydrogens (tertiary/aromatic N) is 2. The van der Waals surface area contributed by atoms with Crippen molar-refractivity contribution >= 4 is 11.6 Å². The van der Waals surface area contributed by atoms with Gasteiger partial charge in [0.2, 0.25) is 0 Å². The highest BCUT2D eigenvalue weighted by atomic mass is 16.3. The van der Waals surface area contributed by atoms with E-state index in [-0.39, 0.29) is 11.9 Å². The number of furan rings is 1. The molecule has 0 unspecified atom stereocenters. The topological polar surface area (TPSA) is 36.7 Å². The molecule has 0 radical (unpaired) electrons. The van der Waals surface area contributed by atoms with Crippen molar-refractivity contribution in [1.29, 1.82) is 0 Å². The summed E-state index contributed by atoms with van der Waals surface area (Å²) in [6, 6.07) is 12.6. The molecule has 1 fully saturated rings. The Balaban J connectivity index is 1.61. The largest absolute Gasteiger partial charge is 0.459 e. The van der Waals surface area contributed by atoms with Crippen molar-refractivity contribution in [2.45, 2.75) is 38.6 Å². The molecule has 1 amide bonds. The monoisotopic (exact) mass is 326 g/mol. The van der Waals surface area contributed by atoms with Gasteiger partial charge in [-0.3, -0.25) is 4.79 Å². The summed E-state index contributed by atoms with van der Waals surface area (Å²) in [5.41, 5.74) is 2.67. The van der Waals surface area contributed by atoms with Gasteiger partial charge in [-0.25, -0.2) is 0 Å². The van der Waals surface area contributed by atoms with Crippen LogP contribution in [0.15, 0.2) is 47.1 Å². The van der Waals surface area contributed by atoms with Gasteiger partial charge >= 0.3 is 0 Å². The first-order valence-electron chi connectivity index (χ1n) is 8.72. The predicted molar refractivity (Wildman–Crippen MR) is 96.6 cm³/mol. The van der Waals surface area contributed by atoms with Crippen molar-refractivity contribution < 1.29 is 9.21 Å². The maximum atomic E-state index is 12.4. The Morgan fingerprint density at radius 2 is 1.96 bits per heavy atom. The molecular formula is C20H26N2O2. The SMILES string of the molecule is CC(C)c1cccc(N2CCC(N(C)C(=O)c3ccco3)CC2)c1. The number of hydrogen-bond donors (Lipinski definition) is 0. The van der Waals surface area contributed by atoms with Crippen molar-refractivity contribution in [2.75, 3.05) is 25.0 Å². The molecule has 3 rings (SSSR count). The van der Waals surface area contributed by atoms with Crippen molar-refractivity contribution in [3.8, 4) is 0 Å². The Bertz CT molecular complexity index is 671. The predicted octanol–water partition coefficient (Wildman–Crippen LogP) is 4.14. The minimum absolute atomic E-state index is 0.0275. The lowest BCUT2D eigenvalue weighted by Crippen LogP contribution is -2.45. The van der Waals surface area contributed by atoms with Crippen LogP contribution in [0.3, 0.4) is 0 Å². The van der Waals surface area contributed by atoms with Crippen LogP contribution in [0.5, 0.6) is 0 Å². The van der Waals surface area contributed by atoms with Gasteiger partial charge in [0.15, 0.2) is 5.76 Å². The average Bonchev–Trinajstić information content (AvgIpc) is 3.15.